The fourth-order valence-corrected chi connectivity index (χ4v) is 3.28. The molecule has 9 heteroatoms. The summed E-state index contributed by atoms with van der Waals surface area (Å²) in [5.41, 5.74) is 6.20. The number of nitrogens with two attached hydrogens (primary N) is 1. The van der Waals surface area contributed by atoms with Crippen molar-refractivity contribution in [3.63, 3.8) is 0 Å². The molecule has 1 aromatic carbocycles. The highest BCUT2D eigenvalue weighted by atomic mass is 35.5. The zero-order chi connectivity index (χ0) is 21.9. The molecule has 1 aromatic heterocycles. The molecule has 1 saturated heterocycles. The minimum atomic E-state index is -0.469. The highest BCUT2D eigenvalue weighted by Gasteiger charge is 2.28. The zero-order valence-electron chi connectivity index (χ0n) is 16.6. The molecule has 1 fully saturated rings. The fraction of sp³-hybridized carbons (Fsp3) is 0.333. The van der Waals surface area contributed by atoms with Gasteiger partial charge in [0.2, 0.25) is 11.8 Å². The van der Waals surface area contributed by atoms with Crippen LogP contribution in [0, 0.1) is 0 Å². The van der Waals surface area contributed by atoms with Crippen LogP contribution in [0.1, 0.15) is 41.2 Å². The van der Waals surface area contributed by atoms with Crippen LogP contribution in [-0.2, 0) is 9.59 Å². The third kappa shape index (κ3) is 7.04. The number of nitrogens with zero attached hydrogens (tertiary/aromatic N) is 2. The maximum absolute atomic E-state index is 12.2. The molecule has 2 aromatic rings. The summed E-state index contributed by atoms with van der Waals surface area (Å²) in [6.45, 7) is 4.90. The Hall–Kier alpha value is -3.13. The van der Waals surface area contributed by atoms with Crippen molar-refractivity contribution in [2.75, 3.05) is 19.6 Å². The summed E-state index contributed by atoms with van der Waals surface area (Å²) in [5.74, 6) is -0.862. The Bertz CT molecular complexity index is 869. The molecule has 0 aliphatic carbocycles. The number of hydrogen-bond acceptors (Lipinski definition) is 4. The van der Waals surface area contributed by atoms with Gasteiger partial charge in [0.05, 0.1) is 17.5 Å². The van der Waals surface area contributed by atoms with Crippen LogP contribution < -0.4 is 11.1 Å². The van der Waals surface area contributed by atoms with Crippen molar-refractivity contribution in [1.82, 2.24) is 20.4 Å². The predicted octanol–water partition coefficient (Wildman–Crippen LogP) is 2.25. The summed E-state index contributed by atoms with van der Waals surface area (Å²) in [5, 5.41) is 10.3. The fourth-order valence-electron chi connectivity index (χ4n) is 3.14. The Labute approximate surface area is 180 Å². The Morgan fingerprint density at radius 2 is 2.07 bits per heavy atom. The van der Waals surface area contributed by atoms with Crippen LogP contribution in [0.15, 0.2) is 49.2 Å². The summed E-state index contributed by atoms with van der Waals surface area (Å²) in [4.78, 5) is 36.4. The van der Waals surface area contributed by atoms with Crippen LogP contribution in [-0.4, -0.2) is 52.5 Å². The van der Waals surface area contributed by atoms with Gasteiger partial charge in [0, 0.05) is 37.0 Å². The number of H-pyrrole nitrogens is 1. The van der Waals surface area contributed by atoms with Crippen molar-refractivity contribution < 1.29 is 14.4 Å². The Kier molecular flexibility index (Phi) is 9.08. The van der Waals surface area contributed by atoms with E-state index in [1.807, 2.05) is 30.3 Å². The van der Waals surface area contributed by atoms with Gasteiger partial charge in [-0.05, 0) is 31.1 Å². The lowest BCUT2D eigenvalue weighted by Crippen LogP contribution is -2.38. The normalized spacial score (nSPS) is 15.5. The molecule has 0 bridgehead atoms. The van der Waals surface area contributed by atoms with Gasteiger partial charge in [-0.25, -0.2) is 0 Å². The first kappa shape index (κ1) is 23.2. The van der Waals surface area contributed by atoms with Crippen molar-refractivity contribution in [3.05, 3.63) is 65.5 Å². The molecule has 1 aliphatic heterocycles. The number of hydrogen-bond donors (Lipinski definition) is 3. The van der Waals surface area contributed by atoms with Gasteiger partial charge in [0.15, 0.2) is 0 Å². The molecule has 0 radical (unpaired) electrons. The molecule has 1 atom stereocenters. The summed E-state index contributed by atoms with van der Waals surface area (Å²) >= 11 is 5.54. The lowest BCUT2D eigenvalue weighted by atomic mass is 9.92. The van der Waals surface area contributed by atoms with Crippen LogP contribution in [0.3, 0.4) is 0 Å². The predicted molar refractivity (Wildman–Crippen MR) is 115 cm³/mol. The van der Waals surface area contributed by atoms with Gasteiger partial charge in [0.1, 0.15) is 0 Å². The first-order chi connectivity index (χ1) is 14.4. The minimum absolute atomic E-state index is 0.0204. The van der Waals surface area contributed by atoms with E-state index in [-0.39, 0.29) is 30.7 Å². The van der Waals surface area contributed by atoms with Crippen molar-refractivity contribution in [3.8, 4) is 0 Å². The van der Waals surface area contributed by atoms with Gasteiger partial charge in [-0.2, -0.15) is 5.10 Å². The number of primary amides is 1. The zero-order valence-corrected chi connectivity index (χ0v) is 17.4. The van der Waals surface area contributed by atoms with Crippen LogP contribution in [0.5, 0.6) is 0 Å². The topological polar surface area (TPSA) is 121 Å². The van der Waals surface area contributed by atoms with E-state index in [4.69, 9.17) is 17.3 Å². The largest absolute Gasteiger partial charge is 0.370 e. The maximum atomic E-state index is 12.2. The molecular weight excluding hydrogens is 406 g/mol. The summed E-state index contributed by atoms with van der Waals surface area (Å²) < 4.78 is 0. The molecule has 4 N–H and O–H groups in total. The molecule has 30 heavy (non-hydrogen) atoms. The monoisotopic (exact) mass is 431 g/mol. The molecule has 3 rings (SSSR count). The van der Waals surface area contributed by atoms with Crippen LogP contribution in [0.2, 0.25) is 5.02 Å². The third-order valence-corrected chi connectivity index (χ3v) is 4.87. The molecule has 160 valence electrons. The number of halogens is 1. The SMILES string of the molecule is C=CC(=O)N1CCCC(c2[nH]ncc2C(=O)NCCC(N)=O)C1.Clc1ccccc1. The Balaban J connectivity index is 0.000000386. The second-order valence-corrected chi connectivity index (χ2v) is 7.23. The molecule has 8 nitrogen and oxygen atoms in total. The lowest BCUT2D eigenvalue weighted by molar-refractivity contribution is -0.127. The van der Waals surface area contributed by atoms with E-state index in [2.05, 4.69) is 22.1 Å². The summed E-state index contributed by atoms with van der Waals surface area (Å²) in [6.07, 6.45) is 4.57. The van der Waals surface area contributed by atoms with E-state index in [0.717, 1.165) is 17.9 Å². The van der Waals surface area contributed by atoms with Gasteiger partial charge in [-0.1, -0.05) is 36.4 Å². The number of aromatic nitrogens is 2. The van der Waals surface area contributed by atoms with E-state index in [1.54, 1.807) is 4.90 Å². The van der Waals surface area contributed by atoms with Gasteiger partial charge < -0.3 is 16.0 Å². The van der Waals surface area contributed by atoms with Crippen molar-refractivity contribution >= 4 is 29.3 Å². The number of nitrogens with one attached hydrogen (secondary N) is 2. The standard InChI is InChI=1S/C15H21N5O3.C6H5Cl/c1-2-13(22)20-7-3-4-10(9-20)14-11(8-18-19-14)15(23)17-6-5-12(16)21;7-6-4-2-1-3-5-6/h2,8,10H,1,3-7,9H2,(H2,16,21)(H,17,23)(H,18,19);1-5H. The molecule has 0 saturated carbocycles. The third-order valence-electron chi connectivity index (χ3n) is 4.62. The quantitative estimate of drug-likeness (QED) is 0.607. The van der Waals surface area contributed by atoms with Crippen molar-refractivity contribution in [2.24, 2.45) is 5.73 Å². The van der Waals surface area contributed by atoms with Crippen LogP contribution in [0.4, 0.5) is 0 Å². The summed E-state index contributed by atoms with van der Waals surface area (Å²) in [7, 11) is 0. The second-order valence-electron chi connectivity index (χ2n) is 6.79. The average Bonchev–Trinajstić information content (AvgIpc) is 3.24. The number of rotatable bonds is 6. The number of benzene rings is 1. The smallest absolute Gasteiger partial charge is 0.254 e. The van der Waals surface area contributed by atoms with E-state index in [1.165, 1.54) is 12.3 Å². The first-order valence-electron chi connectivity index (χ1n) is 9.64. The molecular formula is C21H26ClN5O3. The van der Waals surface area contributed by atoms with E-state index in [0.29, 0.717) is 24.3 Å². The number of carbonyl (C=O) groups excluding carboxylic acids is 3. The number of carbonyl (C=O) groups is 3. The minimum Gasteiger partial charge on any atom is -0.370 e. The van der Waals surface area contributed by atoms with Crippen LogP contribution in [0.25, 0.3) is 0 Å². The molecule has 0 spiro atoms. The van der Waals surface area contributed by atoms with Gasteiger partial charge >= 0.3 is 0 Å². The summed E-state index contributed by atoms with van der Waals surface area (Å²) in [6, 6.07) is 9.44. The lowest BCUT2D eigenvalue weighted by Gasteiger charge is -2.31. The number of aromatic amines is 1. The molecule has 1 unspecified atom stereocenters. The Morgan fingerprint density at radius 1 is 1.33 bits per heavy atom. The van der Waals surface area contributed by atoms with Crippen LogP contribution >= 0.6 is 11.6 Å². The van der Waals surface area contributed by atoms with E-state index >= 15 is 0 Å². The van der Waals surface area contributed by atoms with E-state index in [9.17, 15) is 14.4 Å². The number of likely N-dealkylation sites (tertiary alicyclic amines) is 1. The van der Waals surface area contributed by atoms with Crippen molar-refractivity contribution in [1.29, 1.82) is 0 Å². The highest BCUT2D eigenvalue weighted by Crippen LogP contribution is 2.27. The van der Waals surface area contributed by atoms with E-state index < -0.39 is 5.91 Å². The number of piperidine rings is 1. The second kappa shape index (κ2) is 11.8. The molecule has 3 amide bonds. The van der Waals surface area contributed by atoms with Gasteiger partial charge in [0.25, 0.3) is 5.91 Å². The maximum Gasteiger partial charge on any atom is 0.254 e. The highest BCUT2D eigenvalue weighted by molar-refractivity contribution is 6.30. The Morgan fingerprint density at radius 3 is 2.67 bits per heavy atom. The van der Waals surface area contributed by atoms with Crippen molar-refractivity contribution in [2.45, 2.75) is 25.2 Å². The average molecular weight is 432 g/mol. The van der Waals surface area contributed by atoms with Gasteiger partial charge in [-0.15, -0.1) is 0 Å². The first-order valence-corrected chi connectivity index (χ1v) is 10.0. The van der Waals surface area contributed by atoms with Gasteiger partial charge in [-0.3, -0.25) is 19.5 Å². The number of amides is 3. The molecule has 1 aliphatic rings. The molecule has 2 heterocycles.